The van der Waals surface area contributed by atoms with Crippen LogP contribution in [-0.4, -0.2) is 54.1 Å². The third-order valence-corrected chi connectivity index (χ3v) is 7.87. The van der Waals surface area contributed by atoms with Crippen molar-refractivity contribution in [3.8, 4) is 5.75 Å². The molecule has 4 aromatic rings. The average Bonchev–Trinajstić information content (AvgIpc) is 3.44. The van der Waals surface area contributed by atoms with Crippen LogP contribution < -0.4 is 20.7 Å². The van der Waals surface area contributed by atoms with Crippen molar-refractivity contribution >= 4 is 28.5 Å². The normalized spacial score (nSPS) is 15.4. The van der Waals surface area contributed by atoms with Crippen LogP contribution in [0, 0.1) is 5.82 Å². The van der Waals surface area contributed by atoms with E-state index in [0.29, 0.717) is 43.9 Å². The number of ether oxygens (including phenoxy) is 1. The van der Waals surface area contributed by atoms with Crippen LogP contribution in [0.2, 0.25) is 0 Å². The summed E-state index contributed by atoms with van der Waals surface area (Å²) < 4.78 is 19.2. The zero-order chi connectivity index (χ0) is 28.9. The topological polar surface area (TPSA) is 104 Å². The van der Waals surface area contributed by atoms with E-state index >= 15 is 0 Å². The van der Waals surface area contributed by atoms with E-state index in [4.69, 9.17) is 10.5 Å². The molecule has 1 aliphatic rings. The van der Waals surface area contributed by atoms with Gasteiger partial charge in [0.1, 0.15) is 23.7 Å². The van der Waals surface area contributed by atoms with Gasteiger partial charge in [0.2, 0.25) is 5.91 Å². The monoisotopic (exact) mass is 557 g/mol. The van der Waals surface area contributed by atoms with Crippen molar-refractivity contribution in [3.63, 3.8) is 0 Å². The van der Waals surface area contributed by atoms with Crippen molar-refractivity contribution in [1.82, 2.24) is 15.2 Å². The molecule has 0 saturated carbocycles. The second-order valence-corrected chi connectivity index (χ2v) is 10.5. The Morgan fingerprint density at radius 3 is 2.56 bits per heavy atom. The molecule has 8 nitrogen and oxygen atoms in total. The zero-order valence-corrected chi connectivity index (χ0v) is 23.3. The van der Waals surface area contributed by atoms with Crippen molar-refractivity contribution in [2.24, 2.45) is 5.73 Å². The lowest BCUT2D eigenvalue weighted by Crippen LogP contribution is -2.55. The molecular weight excluding hydrogens is 521 g/mol. The quantitative estimate of drug-likeness (QED) is 0.279. The van der Waals surface area contributed by atoms with Crippen LogP contribution in [0.15, 0.2) is 79.0 Å². The number of benzene rings is 3. The molecule has 1 aromatic heterocycles. The SMILES string of the molecule is CC(c1c[nH]c2ccccc12)C(NC(=O)N1CCC(Oc2ccc(F)cc2)CC1)C(=O)N(C)c1cccc(CN)c1. The minimum atomic E-state index is -0.818. The predicted octanol–water partition coefficient (Wildman–Crippen LogP) is 5.15. The molecule has 1 aliphatic heterocycles. The predicted molar refractivity (Wildman–Crippen MR) is 158 cm³/mol. The third-order valence-electron chi connectivity index (χ3n) is 7.87. The van der Waals surface area contributed by atoms with Gasteiger partial charge in [-0.05, 0) is 53.6 Å². The van der Waals surface area contributed by atoms with E-state index in [1.165, 1.54) is 12.1 Å². The lowest BCUT2D eigenvalue weighted by atomic mass is 9.91. The Kier molecular flexibility index (Phi) is 8.54. The summed E-state index contributed by atoms with van der Waals surface area (Å²) in [4.78, 5) is 34.2. The Bertz CT molecular complexity index is 1500. The number of hydrogen-bond acceptors (Lipinski definition) is 4. The molecule has 2 heterocycles. The Morgan fingerprint density at radius 1 is 1.10 bits per heavy atom. The maximum atomic E-state index is 14.0. The van der Waals surface area contributed by atoms with E-state index in [2.05, 4.69) is 10.3 Å². The molecule has 0 aliphatic carbocycles. The van der Waals surface area contributed by atoms with Crippen LogP contribution in [0.5, 0.6) is 5.75 Å². The lowest BCUT2D eigenvalue weighted by molar-refractivity contribution is -0.120. The smallest absolute Gasteiger partial charge is 0.318 e. The number of piperidine rings is 1. The summed E-state index contributed by atoms with van der Waals surface area (Å²) in [6, 6.07) is 20.3. The maximum absolute atomic E-state index is 14.0. The number of nitrogens with zero attached hydrogens (tertiary/aromatic N) is 2. The molecule has 9 heteroatoms. The number of aromatic amines is 1. The van der Waals surface area contributed by atoms with Gasteiger partial charge in [0.15, 0.2) is 0 Å². The van der Waals surface area contributed by atoms with Crippen molar-refractivity contribution in [1.29, 1.82) is 0 Å². The van der Waals surface area contributed by atoms with Crippen LogP contribution in [-0.2, 0) is 11.3 Å². The highest BCUT2D eigenvalue weighted by atomic mass is 19.1. The fourth-order valence-electron chi connectivity index (χ4n) is 5.39. The number of para-hydroxylation sites is 1. The van der Waals surface area contributed by atoms with Gasteiger partial charge in [0, 0.05) is 68.2 Å². The van der Waals surface area contributed by atoms with Gasteiger partial charge < -0.3 is 30.6 Å². The number of carbonyl (C=O) groups excluding carboxylic acids is 2. The summed E-state index contributed by atoms with van der Waals surface area (Å²) in [7, 11) is 1.72. The number of carbonyl (C=O) groups is 2. The average molecular weight is 558 g/mol. The number of amides is 3. The summed E-state index contributed by atoms with van der Waals surface area (Å²) in [5, 5.41) is 4.08. The number of H-pyrrole nitrogens is 1. The Balaban J connectivity index is 1.32. The minimum absolute atomic E-state index is 0.0759. The van der Waals surface area contributed by atoms with Gasteiger partial charge in [-0.25, -0.2) is 9.18 Å². The van der Waals surface area contributed by atoms with Gasteiger partial charge in [-0.2, -0.15) is 0 Å². The van der Waals surface area contributed by atoms with Crippen LogP contribution in [0.25, 0.3) is 10.9 Å². The number of rotatable bonds is 8. The molecule has 2 atom stereocenters. The summed E-state index contributed by atoms with van der Waals surface area (Å²) >= 11 is 0. The van der Waals surface area contributed by atoms with Crippen molar-refractivity contribution in [2.45, 2.75) is 44.4 Å². The van der Waals surface area contributed by atoms with E-state index in [1.807, 2.05) is 61.7 Å². The van der Waals surface area contributed by atoms with Gasteiger partial charge in [0.25, 0.3) is 0 Å². The number of hydrogen-bond donors (Lipinski definition) is 3. The summed E-state index contributed by atoms with van der Waals surface area (Å²) in [6.07, 6.45) is 3.10. The summed E-state index contributed by atoms with van der Waals surface area (Å²) in [6.45, 7) is 3.29. The molecule has 5 rings (SSSR count). The molecule has 0 spiro atoms. The molecule has 41 heavy (non-hydrogen) atoms. The van der Waals surface area contributed by atoms with Crippen molar-refractivity contribution in [2.75, 3.05) is 25.0 Å². The van der Waals surface area contributed by atoms with E-state index in [-0.39, 0.29) is 29.8 Å². The Hall–Kier alpha value is -4.37. The number of urea groups is 1. The first-order chi connectivity index (χ1) is 19.8. The number of nitrogens with two attached hydrogens (primary N) is 1. The number of halogens is 1. The first-order valence-electron chi connectivity index (χ1n) is 13.9. The highest BCUT2D eigenvalue weighted by molar-refractivity contribution is 6.00. The molecule has 214 valence electrons. The molecule has 2 unspecified atom stereocenters. The molecule has 3 amide bonds. The van der Waals surface area contributed by atoms with Crippen LogP contribution >= 0.6 is 0 Å². The van der Waals surface area contributed by atoms with E-state index < -0.39 is 6.04 Å². The molecule has 0 bridgehead atoms. The summed E-state index contributed by atoms with van der Waals surface area (Å²) in [5.41, 5.74) is 9.38. The molecule has 3 aromatic carbocycles. The van der Waals surface area contributed by atoms with Crippen molar-refractivity contribution in [3.05, 3.63) is 95.9 Å². The van der Waals surface area contributed by atoms with Crippen LogP contribution in [0.3, 0.4) is 0 Å². The van der Waals surface area contributed by atoms with Crippen molar-refractivity contribution < 1.29 is 18.7 Å². The lowest BCUT2D eigenvalue weighted by Gasteiger charge is -2.35. The van der Waals surface area contributed by atoms with Gasteiger partial charge in [-0.3, -0.25) is 4.79 Å². The number of aromatic nitrogens is 1. The first-order valence-corrected chi connectivity index (χ1v) is 13.9. The van der Waals surface area contributed by atoms with Crippen LogP contribution in [0.4, 0.5) is 14.9 Å². The minimum Gasteiger partial charge on any atom is -0.490 e. The van der Waals surface area contributed by atoms with Crippen LogP contribution in [0.1, 0.15) is 36.8 Å². The summed E-state index contributed by atoms with van der Waals surface area (Å²) in [5.74, 6) is -0.247. The second-order valence-electron chi connectivity index (χ2n) is 10.5. The number of nitrogens with one attached hydrogen (secondary N) is 2. The molecule has 1 fully saturated rings. The fourth-order valence-corrected chi connectivity index (χ4v) is 5.39. The molecular formula is C32H36FN5O3. The first kappa shape index (κ1) is 28.2. The van der Waals surface area contributed by atoms with E-state index in [1.54, 1.807) is 29.0 Å². The Labute approximate surface area is 239 Å². The molecule has 4 N–H and O–H groups in total. The highest BCUT2D eigenvalue weighted by Crippen LogP contribution is 2.30. The van der Waals surface area contributed by atoms with Gasteiger partial charge >= 0.3 is 6.03 Å². The second kappa shape index (κ2) is 12.4. The van der Waals surface area contributed by atoms with Gasteiger partial charge in [-0.1, -0.05) is 37.3 Å². The maximum Gasteiger partial charge on any atom is 0.318 e. The number of likely N-dealkylation sites (tertiary alicyclic amines) is 1. The standard InChI is InChI=1S/C32H36FN5O3/c1-21(28-20-35-29-9-4-3-8-27(28)29)30(31(39)37(2)24-7-5-6-22(18-24)19-34)36-32(40)38-16-14-26(15-17-38)41-25-12-10-23(33)11-13-25/h3-13,18,20-21,26,30,35H,14-17,19,34H2,1-2H3,(H,36,40). The Morgan fingerprint density at radius 2 is 1.83 bits per heavy atom. The van der Waals surface area contributed by atoms with Gasteiger partial charge in [-0.15, -0.1) is 0 Å². The number of likely N-dealkylation sites (N-methyl/N-ethyl adjacent to an activating group) is 1. The molecule has 0 radical (unpaired) electrons. The van der Waals surface area contributed by atoms with E-state index in [9.17, 15) is 14.0 Å². The van der Waals surface area contributed by atoms with Gasteiger partial charge in [0.05, 0.1) is 0 Å². The molecule has 1 saturated heterocycles. The number of anilines is 1. The van der Waals surface area contributed by atoms with E-state index in [0.717, 1.165) is 22.0 Å². The fraction of sp³-hybridized carbons (Fsp3) is 0.312. The number of fused-ring (bicyclic) bond motifs is 1. The largest absolute Gasteiger partial charge is 0.490 e. The highest BCUT2D eigenvalue weighted by Gasteiger charge is 2.34. The third kappa shape index (κ3) is 6.36. The zero-order valence-electron chi connectivity index (χ0n) is 23.3.